The summed E-state index contributed by atoms with van der Waals surface area (Å²) in [5.41, 5.74) is 1.47. The van der Waals surface area contributed by atoms with Crippen molar-refractivity contribution in [3.8, 4) is 0 Å². The second-order valence-corrected chi connectivity index (χ2v) is 5.57. The Balaban J connectivity index is 2.20. The molecule has 4 nitrogen and oxygen atoms in total. The van der Waals surface area contributed by atoms with Gasteiger partial charge in [0, 0.05) is 35.6 Å². The summed E-state index contributed by atoms with van der Waals surface area (Å²) >= 11 is 5.97. The zero-order valence-electron chi connectivity index (χ0n) is 12.2. The number of aromatic nitrogens is 1. The first-order valence-corrected chi connectivity index (χ1v) is 7.72. The lowest BCUT2D eigenvalue weighted by molar-refractivity contribution is 0.0737. The predicted molar refractivity (Wildman–Crippen MR) is 85.8 cm³/mol. The number of fused-ring (bicyclic) bond motifs is 1. The molecule has 0 atom stereocenters. The van der Waals surface area contributed by atoms with Gasteiger partial charge >= 0.3 is 0 Å². The van der Waals surface area contributed by atoms with Crippen LogP contribution in [0.2, 0.25) is 5.02 Å². The highest BCUT2D eigenvalue weighted by molar-refractivity contribution is 6.31. The summed E-state index contributed by atoms with van der Waals surface area (Å²) in [5, 5.41) is 10.6. The van der Waals surface area contributed by atoms with E-state index in [1.165, 1.54) is 0 Å². The van der Waals surface area contributed by atoms with E-state index >= 15 is 0 Å². The molecule has 1 aromatic heterocycles. The lowest BCUT2D eigenvalue weighted by Crippen LogP contribution is -2.33. The van der Waals surface area contributed by atoms with Gasteiger partial charge in [0.1, 0.15) is 5.69 Å². The lowest BCUT2D eigenvalue weighted by Gasteiger charge is -2.21. The molecule has 2 rings (SSSR count). The Morgan fingerprint density at radius 2 is 2.05 bits per heavy atom. The van der Waals surface area contributed by atoms with Crippen molar-refractivity contribution in [1.29, 1.82) is 0 Å². The summed E-state index contributed by atoms with van der Waals surface area (Å²) in [6.45, 7) is 3.48. The number of carbonyl (C=O) groups is 1. The van der Waals surface area contributed by atoms with Crippen molar-refractivity contribution >= 4 is 28.4 Å². The lowest BCUT2D eigenvalue weighted by atomic mass is 10.2. The molecular weight excluding hydrogens is 288 g/mol. The fourth-order valence-corrected chi connectivity index (χ4v) is 2.50. The molecule has 0 saturated carbocycles. The maximum absolute atomic E-state index is 12.6. The van der Waals surface area contributed by atoms with Crippen molar-refractivity contribution in [2.45, 2.75) is 26.2 Å². The van der Waals surface area contributed by atoms with E-state index in [2.05, 4.69) is 11.9 Å². The fourth-order valence-electron chi connectivity index (χ4n) is 2.31. The number of nitrogens with one attached hydrogen (secondary N) is 1. The molecule has 0 spiro atoms. The van der Waals surface area contributed by atoms with Crippen LogP contribution in [0.5, 0.6) is 0 Å². The van der Waals surface area contributed by atoms with E-state index in [1.807, 2.05) is 18.2 Å². The Bertz CT molecular complexity index is 601. The highest BCUT2D eigenvalue weighted by atomic mass is 35.5. The standard InChI is InChI=1S/C16H21ClN2O2/c1-2-3-7-19(8-4-9-20)16(21)15-11-12-10-13(17)5-6-14(12)18-15/h5-6,10-11,18,20H,2-4,7-9H2,1H3. The minimum atomic E-state index is -0.0239. The zero-order chi connectivity index (χ0) is 15.2. The molecule has 0 aliphatic rings. The molecule has 2 N–H and O–H groups in total. The SMILES string of the molecule is CCCCN(CCCO)C(=O)c1cc2cc(Cl)ccc2[nH]1. The maximum atomic E-state index is 12.6. The largest absolute Gasteiger partial charge is 0.396 e. The van der Waals surface area contributed by atoms with Crippen LogP contribution < -0.4 is 0 Å². The van der Waals surface area contributed by atoms with Gasteiger partial charge in [-0.25, -0.2) is 0 Å². The number of halogens is 1. The number of aromatic amines is 1. The van der Waals surface area contributed by atoms with Gasteiger partial charge in [-0.2, -0.15) is 0 Å². The first-order valence-electron chi connectivity index (χ1n) is 7.34. The smallest absolute Gasteiger partial charge is 0.270 e. The number of unbranched alkanes of at least 4 members (excludes halogenated alkanes) is 1. The third-order valence-corrected chi connectivity index (χ3v) is 3.70. The van der Waals surface area contributed by atoms with Gasteiger partial charge in [-0.1, -0.05) is 24.9 Å². The summed E-state index contributed by atoms with van der Waals surface area (Å²) in [6.07, 6.45) is 2.59. The summed E-state index contributed by atoms with van der Waals surface area (Å²) in [5.74, 6) is -0.0239. The van der Waals surface area contributed by atoms with Gasteiger partial charge in [-0.15, -0.1) is 0 Å². The maximum Gasteiger partial charge on any atom is 0.270 e. The van der Waals surface area contributed by atoms with Gasteiger partial charge in [0.15, 0.2) is 0 Å². The van der Waals surface area contributed by atoms with E-state index in [4.69, 9.17) is 16.7 Å². The number of rotatable bonds is 7. The second-order valence-electron chi connectivity index (χ2n) is 5.14. The molecular formula is C16H21ClN2O2. The number of H-pyrrole nitrogens is 1. The highest BCUT2D eigenvalue weighted by Crippen LogP contribution is 2.21. The second kappa shape index (κ2) is 7.48. The minimum absolute atomic E-state index is 0.0239. The molecule has 2 aromatic rings. The number of aliphatic hydroxyl groups is 1. The molecule has 5 heteroatoms. The van der Waals surface area contributed by atoms with Crippen LogP contribution in [0.1, 0.15) is 36.7 Å². The van der Waals surface area contributed by atoms with E-state index in [0.29, 0.717) is 30.2 Å². The molecule has 21 heavy (non-hydrogen) atoms. The average Bonchev–Trinajstić information content (AvgIpc) is 2.89. The Hall–Kier alpha value is -1.52. The number of aliphatic hydroxyl groups excluding tert-OH is 1. The van der Waals surface area contributed by atoms with Gasteiger partial charge in [0.25, 0.3) is 5.91 Å². The number of amides is 1. The Morgan fingerprint density at radius 1 is 1.29 bits per heavy atom. The van der Waals surface area contributed by atoms with Crippen LogP contribution in [0.15, 0.2) is 24.3 Å². The van der Waals surface area contributed by atoms with E-state index in [9.17, 15) is 4.79 Å². The van der Waals surface area contributed by atoms with Crippen molar-refractivity contribution in [2.24, 2.45) is 0 Å². The number of nitrogens with zero attached hydrogens (tertiary/aromatic N) is 1. The van der Waals surface area contributed by atoms with Gasteiger partial charge in [0.05, 0.1) is 0 Å². The van der Waals surface area contributed by atoms with Gasteiger partial charge < -0.3 is 15.0 Å². The first-order chi connectivity index (χ1) is 10.2. The molecule has 1 amide bonds. The number of carbonyl (C=O) groups excluding carboxylic acids is 1. The van der Waals surface area contributed by atoms with Crippen LogP contribution in [0, 0.1) is 0 Å². The van der Waals surface area contributed by atoms with E-state index in [-0.39, 0.29) is 12.5 Å². The summed E-state index contributed by atoms with van der Waals surface area (Å²) in [7, 11) is 0. The molecule has 0 saturated heterocycles. The van der Waals surface area contributed by atoms with Gasteiger partial charge in [-0.05, 0) is 37.1 Å². The number of benzene rings is 1. The third kappa shape index (κ3) is 3.99. The van der Waals surface area contributed by atoms with Gasteiger partial charge in [0.2, 0.25) is 0 Å². The van der Waals surface area contributed by atoms with Crippen LogP contribution in [0.4, 0.5) is 0 Å². The van der Waals surface area contributed by atoms with Crippen LogP contribution in [-0.2, 0) is 0 Å². The summed E-state index contributed by atoms with van der Waals surface area (Å²) < 4.78 is 0. The van der Waals surface area contributed by atoms with Crippen molar-refractivity contribution in [3.05, 3.63) is 35.0 Å². The molecule has 1 aromatic carbocycles. The molecule has 0 fully saturated rings. The van der Waals surface area contributed by atoms with Crippen LogP contribution in [0.3, 0.4) is 0 Å². The first kappa shape index (κ1) is 15.9. The average molecular weight is 309 g/mol. The van der Waals surface area contributed by atoms with Crippen molar-refractivity contribution in [1.82, 2.24) is 9.88 Å². The van der Waals surface area contributed by atoms with Crippen LogP contribution in [-0.4, -0.2) is 40.6 Å². The highest BCUT2D eigenvalue weighted by Gasteiger charge is 2.17. The van der Waals surface area contributed by atoms with E-state index in [0.717, 1.165) is 23.7 Å². The Morgan fingerprint density at radius 3 is 2.76 bits per heavy atom. The van der Waals surface area contributed by atoms with Crippen LogP contribution >= 0.6 is 11.6 Å². The molecule has 0 aliphatic carbocycles. The number of hydrogen-bond acceptors (Lipinski definition) is 2. The molecule has 0 unspecified atom stereocenters. The third-order valence-electron chi connectivity index (χ3n) is 3.47. The number of hydrogen-bond donors (Lipinski definition) is 2. The zero-order valence-corrected chi connectivity index (χ0v) is 13.0. The normalized spacial score (nSPS) is 11.0. The Kier molecular flexibility index (Phi) is 5.65. The predicted octanol–water partition coefficient (Wildman–Crippen LogP) is 3.45. The molecule has 0 aliphatic heterocycles. The van der Waals surface area contributed by atoms with Crippen LogP contribution in [0.25, 0.3) is 10.9 Å². The monoisotopic (exact) mass is 308 g/mol. The van der Waals surface area contributed by atoms with E-state index < -0.39 is 0 Å². The van der Waals surface area contributed by atoms with Crippen molar-refractivity contribution in [2.75, 3.05) is 19.7 Å². The summed E-state index contributed by atoms with van der Waals surface area (Å²) in [6, 6.07) is 7.35. The van der Waals surface area contributed by atoms with E-state index in [1.54, 1.807) is 11.0 Å². The summed E-state index contributed by atoms with van der Waals surface area (Å²) in [4.78, 5) is 17.5. The topological polar surface area (TPSA) is 56.3 Å². The molecule has 0 bridgehead atoms. The van der Waals surface area contributed by atoms with Gasteiger partial charge in [-0.3, -0.25) is 4.79 Å². The minimum Gasteiger partial charge on any atom is -0.396 e. The molecule has 114 valence electrons. The Labute approximate surface area is 129 Å². The quantitative estimate of drug-likeness (QED) is 0.823. The molecule has 1 heterocycles. The molecule has 0 radical (unpaired) electrons. The fraction of sp³-hybridized carbons (Fsp3) is 0.438. The van der Waals surface area contributed by atoms with Crippen molar-refractivity contribution in [3.63, 3.8) is 0 Å². The van der Waals surface area contributed by atoms with Crippen molar-refractivity contribution < 1.29 is 9.90 Å².